The first kappa shape index (κ1) is 22.4. The summed E-state index contributed by atoms with van der Waals surface area (Å²) in [6.45, 7) is 4.31. The van der Waals surface area contributed by atoms with Crippen LogP contribution in [-0.2, 0) is 0 Å². The SMILES string of the molecule is C/C=C\c1c(C)n(-c2ccc3c(c2)c2ccccc2n3-c2ccc3c(c2)sc2ccccc23)c2ccccc12. The Morgan fingerprint density at radius 2 is 1.15 bits per heavy atom. The molecule has 2 nitrogen and oxygen atoms in total. The van der Waals surface area contributed by atoms with Gasteiger partial charge in [0.05, 0.1) is 16.6 Å². The van der Waals surface area contributed by atoms with Gasteiger partial charge in [0.25, 0.3) is 0 Å². The standard InChI is InChI=1S/C36H26N2S/c1-3-10-26-23(2)37(32-14-7-4-11-27(26)32)24-18-20-34-31(21-24)28-12-5-8-15-33(28)38(34)25-17-19-30-29-13-6-9-16-35(29)39-36(30)22-25/h3-22H,1-2H3/b10-3-. The van der Waals surface area contributed by atoms with Gasteiger partial charge in [-0.15, -0.1) is 11.3 Å². The van der Waals surface area contributed by atoms with Crippen LogP contribution in [0.15, 0.2) is 115 Å². The molecule has 0 saturated carbocycles. The predicted octanol–water partition coefficient (Wildman–Crippen LogP) is 10.4. The molecular formula is C36H26N2S. The fourth-order valence-corrected chi connectivity index (χ4v) is 7.47. The average molecular weight is 519 g/mol. The van der Waals surface area contributed by atoms with Crippen molar-refractivity contribution in [3.63, 3.8) is 0 Å². The number of para-hydroxylation sites is 2. The zero-order valence-electron chi connectivity index (χ0n) is 21.8. The quantitative estimate of drug-likeness (QED) is 0.220. The largest absolute Gasteiger partial charge is 0.313 e. The number of aromatic nitrogens is 2. The zero-order valence-corrected chi connectivity index (χ0v) is 22.7. The summed E-state index contributed by atoms with van der Waals surface area (Å²) in [7, 11) is 0. The first-order chi connectivity index (χ1) is 19.2. The van der Waals surface area contributed by atoms with Gasteiger partial charge >= 0.3 is 0 Å². The number of benzene rings is 5. The third-order valence-electron chi connectivity index (χ3n) is 8.03. The number of nitrogens with zero attached hydrogens (tertiary/aromatic N) is 2. The Morgan fingerprint density at radius 3 is 1.97 bits per heavy atom. The number of fused-ring (bicyclic) bond motifs is 7. The van der Waals surface area contributed by atoms with E-state index >= 15 is 0 Å². The van der Waals surface area contributed by atoms with Crippen LogP contribution in [-0.4, -0.2) is 9.13 Å². The monoisotopic (exact) mass is 518 g/mol. The number of hydrogen-bond acceptors (Lipinski definition) is 1. The van der Waals surface area contributed by atoms with Gasteiger partial charge in [-0.2, -0.15) is 0 Å². The van der Waals surface area contributed by atoms with Crippen LogP contribution < -0.4 is 0 Å². The first-order valence-electron chi connectivity index (χ1n) is 13.4. The molecule has 0 atom stereocenters. The molecule has 3 heteroatoms. The van der Waals surface area contributed by atoms with E-state index in [4.69, 9.17) is 0 Å². The van der Waals surface area contributed by atoms with E-state index in [-0.39, 0.29) is 0 Å². The third kappa shape index (κ3) is 3.20. The van der Waals surface area contributed by atoms with Crippen molar-refractivity contribution in [2.45, 2.75) is 13.8 Å². The van der Waals surface area contributed by atoms with Crippen molar-refractivity contribution in [1.82, 2.24) is 9.13 Å². The van der Waals surface area contributed by atoms with E-state index in [1.54, 1.807) is 0 Å². The number of rotatable bonds is 3. The van der Waals surface area contributed by atoms with Gasteiger partial charge in [0, 0.05) is 59.0 Å². The summed E-state index contributed by atoms with van der Waals surface area (Å²) in [5.74, 6) is 0. The third-order valence-corrected chi connectivity index (χ3v) is 9.16. The predicted molar refractivity (Wildman–Crippen MR) is 170 cm³/mol. The Hall–Kier alpha value is -4.60. The second kappa shape index (κ2) is 8.45. The molecule has 5 aromatic carbocycles. The molecule has 0 fully saturated rings. The topological polar surface area (TPSA) is 9.86 Å². The van der Waals surface area contributed by atoms with Gasteiger partial charge in [-0.25, -0.2) is 0 Å². The first-order valence-corrected chi connectivity index (χ1v) is 14.2. The van der Waals surface area contributed by atoms with Crippen LogP contribution in [0.25, 0.3) is 70.3 Å². The van der Waals surface area contributed by atoms with Crippen LogP contribution >= 0.6 is 11.3 Å². The van der Waals surface area contributed by atoms with Crippen LogP contribution in [0.5, 0.6) is 0 Å². The Balaban J connectivity index is 1.39. The fourth-order valence-electron chi connectivity index (χ4n) is 6.33. The number of thiophene rings is 1. The molecule has 8 rings (SSSR count). The molecule has 0 amide bonds. The summed E-state index contributed by atoms with van der Waals surface area (Å²) < 4.78 is 7.48. The van der Waals surface area contributed by atoms with E-state index in [2.05, 4.69) is 144 Å². The highest BCUT2D eigenvalue weighted by Gasteiger charge is 2.17. The lowest BCUT2D eigenvalue weighted by Crippen LogP contribution is -1.97. The summed E-state index contributed by atoms with van der Waals surface area (Å²) in [5, 5.41) is 6.49. The molecule has 186 valence electrons. The van der Waals surface area contributed by atoms with E-state index < -0.39 is 0 Å². The molecule has 39 heavy (non-hydrogen) atoms. The van der Waals surface area contributed by atoms with Crippen molar-refractivity contribution in [3.8, 4) is 11.4 Å². The van der Waals surface area contributed by atoms with Crippen LogP contribution in [0.3, 0.4) is 0 Å². The van der Waals surface area contributed by atoms with E-state index in [0.717, 1.165) is 0 Å². The van der Waals surface area contributed by atoms with Crippen LogP contribution in [0.1, 0.15) is 18.2 Å². The summed E-state index contributed by atoms with van der Waals surface area (Å²) in [6.07, 6.45) is 4.35. The minimum Gasteiger partial charge on any atom is -0.313 e. The van der Waals surface area contributed by atoms with Crippen molar-refractivity contribution in [1.29, 1.82) is 0 Å². The molecule has 0 saturated heterocycles. The Labute approximate surface area is 230 Å². The van der Waals surface area contributed by atoms with Crippen LogP contribution in [0.4, 0.5) is 0 Å². The Morgan fingerprint density at radius 1 is 0.538 bits per heavy atom. The van der Waals surface area contributed by atoms with E-state index in [1.807, 2.05) is 11.3 Å². The number of hydrogen-bond donors (Lipinski definition) is 0. The number of allylic oxidation sites excluding steroid dienone is 1. The minimum atomic E-state index is 1.19. The molecule has 0 radical (unpaired) electrons. The highest BCUT2D eigenvalue weighted by Crippen LogP contribution is 2.39. The molecule has 0 aliphatic heterocycles. The summed E-state index contributed by atoms with van der Waals surface area (Å²) >= 11 is 1.87. The van der Waals surface area contributed by atoms with Gasteiger partial charge in [0.2, 0.25) is 0 Å². The average Bonchev–Trinajstić information content (AvgIpc) is 3.60. The molecule has 0 spiro atoms. The molecular weight excluding hydrogens is 492 g/mol. The summed E-state index contributed by atoms with van der Waals surface area (Å²) in [4.78, 5) is 0. The highest BCUT2D eigenvalue weighted by molar-refractivity contribution is 7.25. The normalized spacial score (nSPS) is 12.3. The molecule has 0 aliphatic rings. The van der Waals surface area contributed by atoms with Gasteiger partial charge in [-0.05, 0) is 62.4 Å². The zero-order chi connectivity index (χ0) is 26.1. The van der Waals surface area contributed by atoms with Gasteiger partial charge in [-0.3, -0.25) is 0 Å². The molecule has 8 aromatic rings. The van der Waals surface area contributed by atoms with Crippen molar-refractivity contribution >= 4 is 70.3 Å². The lowest BCUT2D eigenvalue weighted by molar-refractivity contribution is 1.05. The molecule has 0 bridgehead atoms. The maximum absolute atomic E-state index is 2.42. The van der Waals surface area contributed by atoms with Crippen molar-refractivity contribution in [3.05, 3.63) is 127 Å². The second-order valence-electron chi connectivity index (χ2n) is 10.2. The molecule has 0 aliphatic carbocycles. The fraction of sp³-hybridized carbons (Fsp3) is 0.0556. The van der Waals surface area contributed by atoms with E-state index in [1.165, 1.54) is 75.5 Å². The summed E-state index contributed by atoms with van der Waals surface area (Å²) in [5.41, 5.74) is 8.62. The van der Waals surface area contributed by atoms with Crippen molar-refractivity contribution < 1.29 is 0 Å². The van der Waals surface area contributed by atoms with Gasteiger partial charge < -0.3 is 9.13 Å². The second-order valence-corrected chi connectivity index (χ2v) is 11.3. The smallest absolute Gasteiger partial charge is 0.0542 e. The van der Waals surface area contributed by atoms with Crippen LogP contribution in [0.2, 0.25) is 0 Å². The Bertz CT molecular complexity index is 2250. The summed E-state index contributed by atoms with van der Waals surface area (Å²) in [6, 6.07) is 40.0. The van der Waals surface area contributed by atoms with Crippen LogP contribution in [0, 0.1) is 6.92 Å². The molecule has 0 unspecified atom stereocenters. The van der Waals surface area contributed by atoms with Gasteiger partial charge in [0.1, 0.15) is 0 Å². The van der Waals surface area contributed by atoms with Crippen molar-refractivity contribution in [2.24, 2.45) is 0 Å². The van der Waals surface area contributed by atoms with Gasteiger partial charge in [-0.1, -0.05) is 72.8 Å². The molecule has 3 heterocycles. The Kier molecular flexibility index (Phi) is 4.85. The maximum Gasteiger partial charge on any atom is 0.0542 e. The maximum atomic E-state index is 2.42. The van der Waals surface area contributed by atoms with E-state index in [0.29, 0.717) is 0 Å². The van der Waals surface area contributed by atoms with Gasteiger partial charge in [0.15, 0.2) is 0 Å². The minimum absolute atomic E-state index is 1.19. The lowest BCUT2D eigenvalue weighted by atomic mass is 10.1. The molecule has 3 aromatic heterocycles. The van der Waals surface area contributed by atoms with Crippen molar-refractivity contribution in [2.75, 3.05) is 0 Å². The molecule has 0 N–H and O–H groups in total. The highest BCUT2D eigenvalue weighted by atomic mass is 32.1. The lowest BCUT2D eigenvalue weighted by Gasteiger charge is -2.11. The van der Waals surface area contributed by atoms with E-state index in [9.17, 15) is 0 Å².